The fourth-order valence-electron chi connectivity index (χ4n) is 2.83. The summed E-state index contributed by atoms with van der Waals surface area (Å²) in [5.41, 5.74) is 7.32. The molecule has 0 atom stereocenters. The number of nitrogens with zero attached hydrogens (tertiary/aromatic N) is 1. The van der Waals surface area contributed by atoms with Crippen LogP contribution in [0.2, 0.25) is 0 Å². The predicted octanol–water partition coefficient (Wildman–Crippen LogP) is 3.36. The molecule has 0 aliphatic carbocycles. The first-order valence-corrected chi connectivity index (χ1v) is 6.95. The van der Waals surface area contributed by atoms with Crippen LogP contribution in [0.4, 0.5) is 5.69 Å². The van der Waals surface area contributed by atoms with Crippen LogP contribution < -0.4 is 5.32 Å². The lowest BCUT2D eigenvalue weighted by Gasteiger charge is -2.23. The molecule has 0 fully saturated rings. The molecule has 0 unspecified atom stereocenters. The number of fused-ring (bicyclic) bond motifs is 2. The van der Waals surface area contributed by atoms with Crippen molar-refractivity contribution in [1.82, 2.24) is 4.98 Å². The second kappa shape index (κ2) is 4.82. The highest BCUT2D eigenvalue weighted by atomic mass is 16.5. The van der Waals surface area contributed by atoms with Crippen molar-refractivity contribution < 1.29 is 4.74 Å². The number of nitrogens with one attached hydrogen (secondary N) is 1. The van der Waals surface area contributed by atoms with Crippen molar-refractivity contribution in [3.05, 3.63) is 34.5 Å². The zero-order valence-electron chi connectivity index (χ0n) is 11.8. The average Bonchev–Trinajstić information content (AvgIpc) is 2.43. The number of anilines is 1. The molecule has 2 heterocycles. The summed E-state index contributed by atoms with van der Waals surface area (Å²) in [5, 5.41) is 4.78. The Hall–Kier alpha value is -1.61. The minimum atomic E-state index is 0.675. The van der Waals surface area contributed by atoms with Crippen LogP contribution in [0.1, 0.15) is 29.3 Å². The van der Waals surface area contributed by atoms with Crippen LogP contribution in [0.5, 0.6) is 0 Å². The molecule has 100 valence electrons. The minimum absolute atomic E-state index is 0.675. The van der Waals surface area contributed by atoms with Crippen molar-refractivity contribution in [2.45, 2.75) is 33.8 Å². The molecule has 19 heavy (non-hydrogen) atoms. The molecule has 0 radical (unpaired) electrons. The van der Waals surface area contributed by atoms with Crippen LogP contribution >= 0.6 is 0 Å². The van der Waals surface area contributed by atoms with Crippen LogP contribution in [-0.2, 0) is 17.8 Å². The molecule has 0 spiro atoms. The lowest BCUT2D eigenvalue weighted by atomic mass is 9.98. The van der Waals surface area contributed by atoms with E-state index in [-0.39, 0.29) is 0 Å². The van der Waals surface area contributed by atoms with E-state index in [0.29, 0.717) is 6.61 Å². The van der Waals surface area contributed by atoms with Crippen molar-refractivity contribution in [3.63, 3.8) is 0 Å². The maximum Gasteiger partial charge on any atom is 0.0758 e. The molecule has 1 N–H and O–H groups in total. The molecular weight excluding hydrogens is 236 g/mol. The summed E-state index contributed by atoms with van der Waals surface area (Å²) in [6, 6.07) is 4.34. The SMILES string of the molecule is CCNc1c2c(nc3c(C)ccc(C)c13)CCOC2. The van der Waals surface area contributed by atoms with Gasteiger partial charge in [-0.3, -0.25) is 4.98 Å². The van der Waals surface area contributed by atoms with E-state index >= 15 is 0 Å². The van der Waals surface area contributed by atoms with Crippen molar-refractivity contribution >= 4 is 16.6 Å². The molecule has 3 rings (SSSR count). The highest BCUT2D eigenvalue weighted by Gasteiger charge is 2.19. The summed E-state index contributed by atoms with van der Waals surface area (Å²) in [4.78, 5) is 4.90. The molecule has 1 aliphatic heterocycles. The van der Waals surface area contributed by atoms with Gasteiger partial charge in [-0.2, -0.15) is 0 Å². The topological polar surface area (TPSA) is 34.2 Å². The molecule has 1 aromatic carbocycles. The molecular formula is C16H20N2O. The Morgan fingerprint density at radius 1 is 1.26 bits per heavy atom. The second-order valence-electron chi connectivity index (χ2n) is 5.17. The van der Waals surface area contributed by atoms with Gasteiger partial charge in [0.25, 0.3) is 0 Å². The average molecular weight is 256 g/mol. The highest BCUT2D eigenvalue weighted by Crippen LogP contribution is 2.34. The minimum Gasteiger partial charge on any atom is -0.384 e. The first-order valence-electron chi connectivity index (χ1n) is 6.95. The summed E-state index contributed by atoms with van der Waals surface area (Å²) in [5.74, 6) is 0. The Bertz CT molecular complexity index is 634. The molecule has 1 aliphatic rings. The van der Waals surface area contributed by atoms with E-state index in [1.807, 2.05) is 0 Å². The van der Waals surface area contributed by atoms with Crippen LogP contribution in [0.15, 0.2) is 12.1 Å². The van der Waals surface area contributed by atoms with Gasteiger partial charge >= 0.3 is 0 Å². The van der Waals surface area contributed by atoms with Gasteiger partial charge in [0, 0.05) is 23.9 Å². The second-order valence-corrected chi connectivity index (χ2v) is 5.17. The first-order chi connectivity index (χ1) is 9.22. The molecule has 0 saturated heterocycles. The number of rotatable bonds is 2. The van der Waals surface area contributed by atoms with Gasteiger partial charge < -0.3 is 10.1 Å². The Balaban J connectivity index is 2.39. The van der Waals surface area contributed by atoms with Gasteiger partial charge in [0.2, 0.25) is 0 Å². The third-order valence-corrected chi connectivity index (χ3v) is 3.82. The number of ether oxygens (including phenoxy) is 1. The number of hydrogen-bond acceptors (Lipinski definition) is 3. The van der Waals surface area contributed by atoms with Crippen molar-refractivity contribution in [1.29, 1.82) is 0 Å². The maximum atomic E-state index is 5.62. The number of hydrogen-bond donors (Lipinski definition) is 1. The fourth-order valence-corrected chi connectivity index (χ4v) is 2.83. The Morgan fingerprint density at radius 2 is 2.05 bits per heavy atom. The van der Waals surface area contributed by atoms with Crippen molar-refractivity contribution in [2.24, 2.45) is 0 Å². The van der Waals surface area contributed by atoms with E-state index in [9.17, 15) is 0 Å². The van der Waals surface area contributed by atoms with Crippen molar-refractivity contribution in [3.8, 4) is 0 Å². The molecule has 0 bridgehead atoms. The summed E-state index contributed by atoms with van der Waals surface area (Å²) >= 11 is 0. The van der Waals surface area contributed by atoms with E-state index < -0.39 is 0 Å². The molecule has 0 saturated carbocycles. The summed E-state index contributed by atoms with van der Waals surface area (Å²) < 4.78 is 5.62. The van der Waals surface area contributed by atoms with Crippen molar-refractivity contribution in [2.75, 3.05) is 18.5 Å². The molecule has 3 nitrogen and oxygen atoms in total. The third-order valence-electron chi connectivity index (χ3n) is 3.82. The largest absolute Gasteiger partial charge is 0.384 e. The van der Waals surface area contributed by atoms with E-state index in [2.05, 4.69) is 38.2 Å². The normalized spacial score (nSPS) is 14.5. The van der Waals surface area contributed by atoms with Gasteiger partial charge in [-0.15, -0.1) is 0 Å². The van der Waals surface area contributed by atoms with Gasteiger partial charge in [-0.1, -0.05) is 12.1 Å². The standard InChI is InChI=1S/C16H20N2O/c1-4-17-16-12-9-19-8-7-13(12)18-15-11(3)6-5-10(2)14(15)16/h5-6H,4,7-9H2,1-3H3,(H,17,18). The number of pyridine rings is 1. The summed E-state index contributed by atoms with van der Waals surface area (Å²) in [6.45, 7) is 8.79. The molecule has 1 aromatic heterocycles. The summed E-state index contributed by atoms with van der Waals surface area (Å²) in [7, 11) is 0. The van der Waals surface area contributed by atoms with Crippen LogP contribution in [0, 0.1) is 13.8 Å². The lowest BCUT2D eigenvalue weighted by molar-refractivity contribution is 0.110. The van der Waals surface area contributed by atoms with E-state index in [1.54, 1.807) is 0 Å². The van der Waals surface area contributed by atoms with Gasteiger partial charge in [0.05, 0.1) is 30.1 Å². The van der Waals surface area contributed by atoms with Gasteiger partial charge in [-0.05, 0) is 31.9 Å². The third kappa shape index (κ3) is 1.98. The Morgan fingerprint density at radius 3 is 2.84 bits per heavy atom. The molecule has 2 aromatic rings. The lowest BCUT2D eigenvalue weighted by Crippen LogP contribution is -2.16. The van der Waals surface area contributed by atoms with Gasteiger partial charge in [-0.25, -0.2) is 0 Å². The Kier molecular flexibility index (Phi) is 3.15. The monoisotopic (exact) mass is 256 g/mol. The van der Waals surface area contributed by atoms with Crippen LogP contribution in [0.25, 0.3) is 10.9 Å². The Labute approximate surface area is 114 Å². The number of aryl methyl sites for hydroxylation is 2. The van der Waals surface area contributed by atoms with E-state index in [4.69, 9.17) is 9.72 Å². The van der Waals surface area contributed by atoms with Gasteiger partial charge in [0.15, 0.2) is 0 Å². The van der Waals surface area contributed by atoms with E-state index in [0.717, 1.165) is 25.1 Å². The maximum absolute atomic E-state index is 5.62. The number of benzene rings is 1. The zero-order chi connectivity index (χ0) is 13.4. The van der Waals surface area contributed by atoms with Crippen LogP contribution in [-0.4, -0.2) is 18.1 Å². The predicted molar refractivity (Wildman–Crippen MR) is 78.7 cm³/mol. The van der Waals surface area contributed by atoms with E-state index in [1.165, 1.54) is 33.5 Å². The highest BCUT2D eigenvalue weighted by molar-refractivity contribution is 5.97. The number of aromatic nitrogens is 1. The quantitative estimate of drug-likeness (QED) is 0.894. The smallest absolute Gasteiger partial charge is 0.0758 e. The van der Waals surface area contributed by atoms with Gasteiger partial charge in [0.1, 0.15) is 0 Å². The molecule has 0 amide bonds. The molecule has 3 heteroatoms. The summed E-state index contributed by atoms with van der Waals surface area (Å²) in [6.07, 6.45) is 0.914. The zero-order valence-corrected chi connectivity index (χ0v) is 11.8. The fraction of sp³-hybridized carbons (Fsp3) is 0.438. The van der Waals surface area contributed by atoms with Crippen LogP contribution in [0.3, 0.4) is 0 Å². The first kappa shape index (κ1) is 12.4.